The van der Waals surface area contributed by atoms with Gasteiger partial charge in [-0.3, -0.25) is 4.99 Å². The molecule has 1 fully saturated rings. The van der Waals surface area contributed by atoms with E-state index in [1.807, 2.05) is 0 Å². The number of aliphatic imine (C=N–C) groups is 1. The number of aromatic hydroxyl groups is 1. The first-order chi connectivity index (χ1) is 10.0. The first kappa shape index (κ1) is 17.6. The lowest BCUT2D eigenvalue weighted by Gasteiger charge is -2.27. The van der Waals surface area contributed by atoms with Gasteiger partial charge in [0.25, 0.3) is 0 Å². The summed E-state index contributed by atoms with van der Waals surface area (Å²) in [7, 11) is 0. The molecule has 3 rings (SSSR count). The Hall–Kier alpha value is -0.730. The van der Waals surface area contributed by atoms with Crippen LogP contribution in [0.2, 0.25) is 0 Å². The van der Waals surface area contributed by atoms with E-state index in [0.29, 0.717) is 21.8 Å². The second-order valence-electron chi connectivity index (χ2n) is 5.19. The van der Waals surface area contributed by atoms with E-state index in [4.69, 9.17) is 5.11 Å². The van der Waals surface area contributed by atoms with Crippen molar-refractivity contribution in [1.29, 1.82) is 0 Å². The van der Waals surface area contributed by atoms with Gasteiger partial charge in [-0.1, -0.05) is 34.1 Å². The minimum atomic E-state index is -1.14. The Morgan fingerprint density at radius 1 is 1.41 bits per heavy atom. The summed E-state index contributed by atoms with van der Waals surface area (Å²) in [5, 5.41) is 23.1. The third kappa shape index (κ3) is 3.60. The average molecular weight is 451 g/mol. The van der Waals surface area contributed by atoms with Crippen LogP contribution in [-0.4, -0.2) is 37.5 Å². The second kappa shape index (κ2) is 7.23. The van der Waals surface area contributed by atoms with Crippen molar-refractivity contribution in [2.24, 2.45) is 4.99 Å². The molecule has 120 valence electrons. The highest BCUT2D eigenvalue weighted by Gasteiger charge is 2.37. The van der Waals surface area contributed by atoms with Gasteiger partial charge in [0.05, 0.1) is 6.04 Å². The summed E-state index contributed by atoms with van der Waals surface area (Å²) in [5.74, 6) is -1.38. The Balaban J connectivity index is 0.00000176. The van der Waals surface area contributed by atoms with Crippen molar-refractivity contribution in [1.82, 2.24) is 0 Å². The van der Waals surface area contributed by atoms with Gasteiger partial charge in [-0.05, 0) is 25.0 Å². The fourth-order valence-electron chi connectivity index (χ4n) is 2.67. The fourth-order valence-corrected chi connectivity index (χ4v) is 4.94. The summed E-state index contributed by atoms with van der Waals surface area (Å²) < 4.78 is 0. The lowest BCUT2D eigenvalue weighted by molar-refractivity contribution is -0.0000214. The van der Waals surface area contributed by atoms with Crippen molar-refractivity contribution in [3.05, 3.63) is 23.8 Å². The molecule has 1 heterocycles. The summed E-state index contributed by atoms with van der Waals surface area (Å²) in [5.41, 5.74) is 0.546. The zero-order valence-electron chi connectivity index (χ0n) is 11.5. The molecule has 0 spiro atoms. The van der Waals surface area contributed by atoms with Crippen LogP contribution in [0.25, 0.3) is 0 Å². The number of hydrogen-bond donors (Lipinski definition) is 3. The molecule has 5 nitrogen and oxygen atoms in total. The molecular weight excluding hydrogens is 436 g/mol. The number of aromatic carboxylic acids is 1. The molecule has 1 saturated carbocycles. The van der Waals surface area contributed by atoms with Crippen molar-refractivity contribution in [3.63, 3.8) is 0 Å². The van der Waals surface area contributed by atoms with Gasteiger partial charge in [-0.2, -0.15) is 0 Å². The third-order valence-electron chi connectivity index (χ3n) is 3.73. The van der Waals surface area contributed by atoms with E-state index >= 15 is 0 Å². The summed E-state index contributed by atoms with van der Waals surface area (Å²) in [4.78, 5) is 16.0. The van der Waals surface area contributed by atoms with E-state index in [9.17, 15) is 9.90 Å². The van der Waals surface area contributed by atoms with E-state index in [-0.39, 0.29) is 28.3 Å². The minimum absolute atomic E-state index is 0. The Kier molecular flexibility index (Phi) is 5.79. The number of thioether (sulfide) groups is 1. The molecule has 2 aliphatic rings. The third-order valence-corrected chi connectivity index (χ3v) is 6.45. The molecule has 0 aromatic heterocycles. The predicted octanol–water partition coefficient (Wildman–Crippen LogP) is 0.294. The van der Waals surface area contributed by atoms with Gasteiger partial charge < -0.3 is 32.5 Å². The van der Waals surface area contributed by atoms with Crippen molar-refractivity contribution in [2.45, 2.75) is 35.4 Å². The van der Waals surface area contributed by atoms with Gasteiger partial charge >= 0.3 is 5.97 Å². The van der Waals surface area contributed by atoms with E-state index in [0.717, 1.165) is 11.6 Å². The maximum atomic E-state index is 10.9. The van der Waals surface area contributed by atoms with Crippen LogP contribution in [0.3, 0.4) is 0 Å². The number of fused-ring (bicyclic) bond motifs is 1. The number of alkyl halides is 1. The number of carbonyl (C=O) groups is 1. The molecule has 3 atom stereocenters. The highest BCUT2D eigenvalue weighted by Crippen LogP contribution is 2.40. The van der Waals surface area contributed by atoms with Gasteiger partial charge in [-0.15, -0.1) is 0 Å². The zero-order chi connectivity index (χ0) is 15.0. The number of benzene rings is 1. The first-order valence-corrected chi connectivity index (χ1v) is 8.56. The zero-order valence-corrected chi connectivity index (χ0v) is 15.5. The Bertz CT molecular complexity index is 612. The fraction of sp³-hybridized carbons (Fsp3) is 0.429. The molecule has 0 saturated heterocycles. The first-order valence-electron chi connectivity index (χ1n) is 6.76. The maximum absolute atomic E-state index is 10.9. The lowest BCUT2D eigenvalue weighted by atomic mass is 9.95. The van der Waals surface area contributed by atoms with Crippen LogP contribution in [0.4, 0.5) is 5.69 Å². The summed E-state index contributed by atoms with van der Waals surface area (Å²) in [6.07, 6.45) is 3.46. The SMILES string of the molecule is O=C(O)c1ccc(NC2=NC3CCCC(Br)C3S2)cc1O.[Br-]. The van der Waals surface area contributed by atoms with Crippen LogP contribution >= 0.6 is 27.7 Å². The molecule has 22 heavy (non-hydrogen) atoms. The minimum Gasteiger partial charge on any atom is -1.00 e. The number of hydrogen-bond acceptors (Lipinski definition) is 5. The molecule has 3 N–H and O–H groups in total. The lowest BCUT2D eigenvalue weighted by Crippen LogP contribution is -3.00. The van der Waals surface area contributed by atoms with Crippen molar-refractivity contribution >= 4 is 44.5 Å². The summed E-state index contributed by atoms with van der Waals surface area (Å²) in [6.45, 7) is 0. The summed E-state index contributed by atoms with van der Waals surface area (Å²) in [6, 6.07) is 4.78. The molecule has 0 radical (unpaired) electrons. The molecule has 8 heteroatoms. The van der Waals surface area contributed by atoms with Crippen LogP contribution < -0.4 is 22.3 Å². The highest BCUT2D eigenvalue weighted by atomic mass is 79.9. The van der Waals surface area contributed by atoms with E-state index in [2.05, 4.69) is 26.2 Å². The van der Waals surface area contributed by atoms with Gasteiger partial charge in [-0.25, -0.2) is 4.79 Å². The van der Waals surface area contributed by atoms with Crippen LogP contribution in [0.1, 0.15) is 29.6 Å². The number of phenols is 1. The quantitative estimate of drug-likeness (QED) is 0.564. The van der Waals surface area contributed by atoms with E-state index in [1.165, 1.54) is 25.0 Å². The Morgan fingerprint density at radius 2 is 2.18 bits per heavy atom. The number of carboxylic acids is 1. The smallest absolute Gasteiger partial charge is 0.339 e. The average Bonchev–Trinajstić information content (AvgIpc) is 2.82. The number of rotatable bonds is 2. The van der Waals surface area contributed by atoms with Crippen LogP contribution in [-0.2, 0) is 0 Å². The van der Waals surface area contributed by atoms with Crippen LogP contribution in [0, 0.1) is 0 Å². The molecule has 0 bridgehead atoms. The van der Waals surface area contributed by atoms with Crippen LogP contribution in [0.15, 0.2) is 23.2 Å². The predicted molar refractivity (Wildman–Crippen MR) is 87.9 cm³/mol. The normalized spacial score (nSPS) is 26.6. The van der Waals surface area contributed by atoms with Gasteiger partial charge in [0.1, 0.15) is 11.3 Å². The van der Waals surface area contributed by atoms with Crippen molar-refractivity contribution in [3.8, 4) is 5.75 Å². The van der Waals surface area contributed by atoms with Gasteiger partial charge in [0.15, 0.2) is 5.17 Å². The number of anilines is 1. The Labute approximate surface area is 151 Å². The standard InChI is InChI=1S/C14H15BrN2O3S.BrH/c15-9-2-1-3-10-12(9)21-14(17-10)16-7-4-5-8(13(19)20)11(18)6-7;/h4-6,9-10,12,18H,1-3H2,(H,16,17)(H,19,20);1H/p-1. The van der Waals surface area contributed by atoms with Crippen molar-refractivity contribution < 1.29 is 32.0 Å². The number of nitrogens with zero attached hydrogens (tertiary/aromatic N) is 1. The molecular formula is C14H15Br2N2O3S-. The second-order valence-corrected chi connectivity index (χ2v) is 7.54. The molecule has 1 aromatic rings. The van der Waals surface area contributed by atoms with Crippen LogP contribution in [0.5, 0.6) is 5.75 Å². The van der Waals surface area contributed by atoms with Crippen molar-refractivity contribution in [2.75, 3.05) is 5.32 Å². The number of amidine groups is 1. The Morgan fingerprint density at radius 3 is 2.82 bits per heavy atom. The monoisotopic (exact) mass is 449 g/mol. The molecule has 1 aliphatic heterocycles. The highest BCUT2D eigenvalue weighted by molar-refractivity contribution is 9.09. The topological polar surface area (TPSA) is 81.9 Å². The molecule has 1 aromatic carbocycles. The molecule has 1 aliphatic carbocycles. The van der Waals surface area contributed by atoms with E-state index in [1.54, 1.807) is 17.8 Å². The van der Waals surface area contributed by atoms with E-state index < -0.39 is 5.97 Å². The molecule has 3 unspecified atom stereocenters. The number of carboxylic acid groups (broad SMARTS) is 1. The maximum Gasteiger partial charge on any atom is 0.339 e. The van der Waals surface area contributed by atoms with Gasteiger partial charge in [0.2, 0.25) is 0 Å². The number of nitrogens with one attached hydrogen (secondary N) is 1. The largest absolute Gasteiger partial charge is 1.00 e. The molecule has 0 amide bonds. The van der Waals surface area contributed by atoms with Gasteiger partial charge in [0, 0.05) is 21.8 Å². The summed E-state index contributed by atoms with van der Waals surface area (Å²) >= 11 is 5.43. The number of halogens is 2.